The zero-order chi connectivity index (χ0) is 18.3. The monoisotopic (exact) mass is 371 g/mol. The van der Waals surface area contributed by atoms with Gasteiger partial charge in [-0.3, -0.25) is 13.8 Å². The minimum absolute atomic E-state index is 0.0934. The van der Waals surface area contributed by atoms with Crippen LogP contribution in [0.5, 0.6) is 0 Å². The summed E-state index contributed by atoms with van der Waals surface area (Å²) in [5, 5.41) is 12.5. The molecule has 0 fully saturated rings. The Bertz CT molecular complexity index is 1180. The lowest BCUT2D eigenvalue weighted by molar-refractivity contribution is 0.628. The number of aromatic nitrogens is 4. The van der Waals surface area contributed by atoms with Crippen LogP contribution in [0.25, 0.3) is 16.7 Å². The van der Waals surface area contributed by atoms with Crippen molar-refractivity contribution in [3.8, 4) is 0 Å². The first-order valence-corrected chi connectivity index (χ1v) is 8.52. The maximum atomic E-state index is 13.2. The molecule has 2 aromatic carbocycles. The molecule has 6 nitrogen and oxygen atoms in total. The lowest BCUT2D eigenvalue weighted by atomic mass is 10.2. The van der Waals surface area contributed by atoms with Crippen LogP contribution in [0, 0.1) is 5.82 Å². The van der Waals surface area contributed by atoms with Crippen molar-refractivity contribution < 1.29 is 4.39 Å². The Morgan fingerprint density at radius 1 is 1.19 bits per heavy atom. The summed E-state index contributed by atoms with van der Waals surface area (Å²) >= 11 is 6.06. The molecule has 0 aliphatic rings. The van der Waals surface area contributed by atoms with Crippen LogP contribution >= 0.6 is 11.6 Å². The number of para-hydroxylation sites is 1. The van der Waals surface area contributed by atoms with Crippen molar-refractivity contribution >= 4 is 34.0 Å². The Labute approximate surface area is 152 Å². The molecule has 0 saturated carbocycles. The summed E-state index contributed by atoms with van der Waals surface area (Å²) in [6.07, 6.45) is 0. The molecule has 0 aliphatic carbocycles. The lowest BCUT2D eigenvalue weighted by Crippen LogP contribution is -2.22. The van der Waals surface area contributed by atoms with E-state index in [0.29, 0.717) is 35.8 Å². The number of anilines is 1. The third-order valence-corrected chi connectivity index (χ3v) is 4.57. The Kier molecular flexibility index (Phi) is 4.08. The fraction of sp³-hybridized carbons (Fsp3) is 0.167. The summed E-state index contributed by atoms with van der Waals surface area (Å²) in [5.41, 5.74) is 1.24. The number of benzene rings is 2. The van der Waals surface area contributed by atoms with Gasteiger partial charge in [0.15, 0.2) is 5.82 Å². The van der Waals surface area contributed by atoms with Gasteiger partial charge >= 0.3 is 0 Å². The first-order valence-electron chi connectivity index (χ1n) is 8.14. The van der Waals surface area contributed by atoms with Crippen LogP contribution in [0.15, 0.2) is 47.3 Å². The number of halogens is 2. The highest BCUT2D eigenvalue weighted by Gasteiger charge is 2.15. The average molecular weight is 372 g/mol. The molecular formula is C18H15ClFN5O. The standard InChI is InChI=1S/C18H15ClFN5O/c1-2-24-17(26)12-5-3-4-6-15(12)25-16(22-23-18(24)25)10-21-14-8-7-11(20)9-13(14)19/h3-9,21H,2,10H2,1H3. The minimum atomic E-state index is -0.397. The molecule has 0 bridgehead atoms. The SMILES string of the molecule is CCn1c(=O)c2ccccc2n2c(CNc3ccc(F)cc3Cl)nnc12. The van der Waals surface area contributed by atoms with E-state index in [9.17, 15) is 9.18 Å². The number of nitrogens with one attached hydrogen (secondary N) is 1. The molecule has 2 aromatic heterocycles. The lowest BCUT2D eigenvalue weighted by Gasteiger charge is -2.11. The smallest absolute Gasteiger partial charge is 0.262 e. The second-order valence-corrected chi connectivity index (χ2v) is 6.20. The van der Waals surface area contributed by atoms with Crippen LogP contribution in [-0.2, 0) is 13.1 Å². The van der Waals surface area contributed by atoms with Crippen LogP contribution in [-0.4, -0.2) is 19.2 Å². The molecule has 0 unspecified atom stereocenters. The molecule has 0 amide bonds. The van der Waals surface area contributed by atoms with E-state index < -0.39 is 5.82 Å². The van der Waals surface area contributed by atoms with Crippen molar-refractivity contribution in [2.24, 2.45) is 0 Å². The van der Waals surface area contributed by atoms with Crippen LogP contribution in [0.2, 0.25) is 5.02 Å². The Hall–Kier alpha value is -2.93. The molecule has 8 heteroatoms. The summed E-state index contributed by atoms with van der Waals surface area (Å²) in [4.78, 5) is 12.7. The molecule has 2 heterocycles. The summed E-state index contributed by atoms with van der Waals surface area (Å²) in [5.74, 6) is 0.712. The summed E-state index contributed by atoms with van der Waals surface area (Å²) in [7, 11) is 0. The van der Waals surface area contributed by atoms with Gasteiger partial charge in [-0.25, -0.2) is 4.39 Å². The molecule has 0 radical (unpaired) electrons. The Morgan fingerprint density at radius 3 is 2.77 bits per heavy atom. The number of rotatable bonds is 4. The molecule has 0 spiro atoms. The molecule has 0 aliphatic heterocycles. The minimum Gasteiger partial charge on any atom is -0.377 e. The zero-order valence-electron chi connectivity index (χ0n) is 13.9. The fourth-order valence-electron chi connectivity index (χ4n) is 3.02. The summed E-state index contributed by atoms with van der Waals surface area (Å²) in [6, 6.07) is 11.5. The van der Waals surface area contributed by atoms with E-state index in [1.807, 2.05) is 29.5 Å². The van der Waals surface area contributed by atoms with Gasteiger partial charge in [-0.2, -0.15) is 0 Å². The van der Waals surface area contributed by atoms with Gasteiger partial charge in [0.25, 0.3) is 5.56 Å². The number of hydrogen-bond acceptors (Lipinski definition) is 4. The van der Waals surface area contributed by atoms with Crippen LogP contribution in [0.1, 0.15) is 12.7 Å². The van der Waals surface area contributed by atoms with Crippen molar-refractivity contribution in [3.05, 3.63) is 69.5 Å². The molecule has 26 heavy (non-hydrogen) atoms. The zero-order valence-corrected chi connectivity index (χ0v) is 14.7. The van der Waals surface area contributed by atoms with E-state index >= 15 is 0 Å². The van der Waals surface area contributed by atoms with E-state index in [-0.39, 0.29) is 10.6 Å². The van der Waals surface area contributed by atoms with E-state index in [1.165, 1.54) is 12.1 Å². The average Bonchev–Trinajstić information content (AvgIpc) is 3.05. The van der Waals surface area contributed by atoms with Gasteiger partial charge in [0.2, 0.25) is 5.78 Å². The van der Waals surface area contributed by atoms with Crippen LogP contribution < -0.4 is 10.9 Å². The van der Waals surface area contributed by atoms with E-state index in [0.717, 1.165) is 5.52 Å². The van der Waals surface area contributed by atoms with Crippen molar-refractivity contribution in [2.45, 2.75) is 20.0 Å². The molecule has 0 atom stereocenters. The van der Waals surface area contributed by atoms with Gasteiger partial charge in [0, 0.05) is 6.54 Å². The number of fused-ring (bicyclic) bond motifs is 3. The largest absolute Gasteiger partial charge is 0.377 e. The van der Waals surface area contributed by atoms with Crippen molar-refractivity contribution in [1.29, 1.82) is 0 Å². The second-order valence-electron chi connectivity index (χ2n) is 5.80. The highest BCUT2D eigenvalue weighted by molar-refractivity contribution is 6.33. The molecule has 1 N–H and O–H groups in total. The maximum absolute atomic E-state index is 13.2. The fourth-order valence-corrected chi connectivity index (χ4v) is 3.26. The molecule has 4 aromatic rings. The number of aryl methyl sites for hydroxylation is 1. The molecule has 132 valence electrons. The predicted molar refractivity (Wildman–Crippen MR) is 99.2 cm³/mol. The van der Waals surface area contributed by atoms with Gasteiger partial charge in [-0.15, -0.1) is 10.2 Å². The predicted octanol–water partition coefficient (Wildman–Crippen LogP) is 3.47. The van der Waals surface area contributed by atoms with Crippen LogP contribution in [0.3, 0.4) is 0 Å². The quantitative estimate of drug-likeness (QED) is 0.596. The van der Waals surface area contributed by atoms with Gasteiger partial charge in [-0.05, 0) is 37.3 Å². The van der Waals surface area contributed by atoms with Crippen molar-refractivity contribution in [1.82, 2.24) is 19.2 Å². The van der Waals surface area contributed by atoms with Crippen molar-refractivity contribution in [2.75, 3.05) is 5.32 Å². The van der Waals surface area contributed by atoms with E-state index in [1.54, 1.807) is 16.7 Å². The summed E-state index contributed by atoms with van der Waals surface area (Å²) < 4.78 is 16.6. The topological polar surface area (TPSA) is 64.2 Å². The Morgan fingerprint density at radius 2 is 2.00 bits per heavy atom. The molecule has 4 rings (SSSR count). The highest BCUT2D eigenvalue weighted by atomic mass is 35.5. The van der Waals surface area contributed by atoms with Gasteiger partial charge in [-0.1, -0.05) is 23.7 Å². The first-order chi connectivity index (χ1) is 12.6. The highest BCUT2D eigenvalue weighted by Crippen LogP contribution is 2.23. The van der Waals surface area contributed by atoms with Crippen LogP contribution in [0.4, 0.5) is 10.1 Å². The van der Waals surface area contributed by atoms with Gasteiger partial charge in [0.1, 0.15) is 5.82 Å². The third-order valence-electron chi connectivity index (χ3n) is 4.26. The molecule has 0 saturated heterocycles. The van der Waals surface area contributed by atoms with Gasteiger partial charge in [0.05, 0.1) is 28.2 Å². The third kappa shape index (κ3) is 2.61. The number of hydrogen-bond donors (Lipinski definition) is 1. The van der Waals surface area contributed by atoms with E-state index in [4.69, 9.17) is 11.6 Å². The normalized spacial score (nSPS) is 11.3. The van der Waals surface area contributed by atoms with E-state index in [2.05, 4.69) is 15.5 Å². The van der Waals surface area contributed by atoms with Crippen molar-refractivity contribution in [3.63, 3.8) is 0 Å². The van der Waals surface area contributed by atoms with Gasteiger partial charge < -0.3 is 5.32 Å². The molecular weight excluding hydrogens is 357 g/mol. The summed E-state index contributed by atoms with van der Waals surface area (Å²) in [6.45, 7) is 2.70. The maximum Gasteiger partial charge on any atom is 0.262 e. The Balaban J connectivity index is 1.84. The number of nitrogens with zero attached hydrogens (tertiary/aromatic N) is 4. The first kappa shape index (κ1) is 16.5. The second kappa shape index (κ2) is 6.42.